The van der Waals surface area contributed by atoms with E-state index in [-0.39, 0.29) is 41.1 Å². The van der Waals surface area contributed by atoms with E-state index >= 15 is 0 Å². The zero-order valence-corrected chi connectivity index (χ0v) is 57.6. The minimum absolute atomic E-state index is 0. The summed E-state index contributed by atoms with van der Waals surface area (Å²) in [5.41, 5.74) is 0.886. The van der Waals surface area contributed by atoms with Crippen LogP contribution < -0.4 is 0 Å². The molecule has 0 amide bonds. The van der Waals surface area contributed by atoms with Gasteiger partial charge in [0, 0.05) is 172 Å². The number of carbonyl (C=O) groups is 4. The topological polar surface area (TPSA) is 348 Å². The summed E-state index contributed by atoms with van der Waals surface area (Å²) >= 11 is 0. The summed E-state index contributed by atoms with van der Waals surface area (Å²) < 4.78 is 102. The number of ether oxygens (including phenoxy) is 8. The van der Waals surface area contributed by atoms with Crippen molar-refractivity contribution in [3.05, 3.63) is 93.6 Å². The third-order valence-electron chi connectivity index (χ3n) is 9.70. The fourth-order valence-corrected chi connectivity index (χ4v) is 11.8. The standard InChI is InChI=1S/C12H22O6Si.C9H20O5Si.2C7H18O4Si.2C6H8O3.C4H6O2.CH3.H2O/c1-10(2)12(13)17-11(3)18-19(15-5,16-6)9-7-8-14-4;1-10-15(11-2,12-3)6-4-5-13-7-9-8-14-9;2*1-8-6-5-7-12(9-2,10-3)11-4;2*1-4(2)6(8)9-5(3)7;1-3(2)4(5)6;;/h1,3,7-9H2,2,4-6H3;9H,4-8H2,1-3H3;2*5-7H2,1-4H3;2*7H,1,3H2,2H3;1H2,2H3,(H,5,6);1H3;1H2/q;;;;;;;-1;. The number of hydrogen-bond acceptors (Lipinski definition) is 26. The van der Waals surface area contributed by atoms with Gasteiger partial charge in [-0.1, -0.05) is 26.3 Å². The zero-order chi connectivity index (χ0) is 65.0. The molecule has 1 heterocycles. The second-order valence-electron chi connectivity index (χ2n) is 16.3. The summed E-state index contributed by atoms with van der Waals surface area (Å²) in [6.07, 6.45) is 3.72. The molecule has 1 aliphatic rings. The lowest BCUT2D eigenvalue weighted by molar-refractivity contribution is -0.139. The van der Waals surface area contributed by atoms with Gasteiger partial charge in [-0.05, 0) is 73.1 Å². The smallest absolute Gasteiger partial charge is 0.481 e. The highest BCUT2D eigenvalue weighted by Gasteiger charge is 2.42. The summed E-state index contributed by atoms with van der Waals surface area (Å²) in [6, 6.07) is 2.90. The lowest BCUT2D eigenvalue weighted by atomic mass is 10.4. The number of rotatable bonds is 38. The van der Waals surface area contributed by atoms with Crippen molar-refractivity contribution >= 4 is 59.1 Å². The first-order valence-electron chi connectivity index (χ1n) is 24.8. The molecule has 0 radical (unpaired) electrons. The summed E-state index contributed by atoms with van der Waals surface area (Å²) in [5, 5.41) is 24.5. The Kier molecular flexibility index (Phi) is 67.4. The van der Waals surface area contributed by atoms with Gasteiger partial charge in [-0.15, -0.1) is 0 Å². The number of aliphatic carboxylic acids is 1. The second-order valence-corrected chi connectivity index (χ2v) is 28.4. The van der Waals surface area contributed by atoms with Crippen LogP contribution >= 0.6 is 0 Å². The van der Waals surface area contributed by atoms with E-state index in [1.807, 2.05) is 0 Å². The first-order chi connectivity index (χ1) is 38.4. The van der Waals surface area contributed by atoms with Crippen LogP contribution in [0.2, 0.25) is 24.2 Å². The van der Waals surface area contributed by atoms with Crippen LogP contribution in [0, 0.1) is 7.43 Å². The highest BCUT2D eigenvalue weighted by atomic mass is 28.4. The predicted molar refractivity (Wildman–Crippen MR) is 323 cm³/mol. The molecule has 1 unspecified atom stereocenters. The number of aliphatic hydroxyl groups excluding tert-OH is 2. The van der Waals surface area contributed by atoms with Crippen LogP contribution in [0.4, 0.5) is 0 Å². The van der Waals surface area contributed by atoms with E-state index in [1.165, 1.54) is 41.9 Å². The van der Waals surface area contributed by atoms with Gasteiger partial charge in [0.25, 0.3) is 17.8 Å². The molecule has 5 N–H and O–H groups in total. The molecular formula is C52H105O28Si4-. The normalized spacial score (nSPS) is 11.9. The Balaban J connectivity index is -0.000000136. The Labute approximate surface area is 504 Å². The number of esters is 3. The third-order valence-corrected chi connectivity index (χ3v) is 20.9. The lowest BCUT2D eigenvalue weighted by Gasteiger charge is -2.27. The Bertz CT molecular complexity index is 1700. The fraction of sp³-hybridized carbons (Fsp3) is 0.635. The molecule has 0 aliphatic carbocycles. The molecule has 32 heteroatoms. The van der Waals surface area contributed by atoms with Gasteiger partial charge in [0.15, 0.2) is 0 Å². The number of carboxylic acids is 1. The van der Waals surface area contributed by atoms with E-state index in [9.17, 15) is 19.2 Å². The van der Waals surface area contributed by atoms with Crippen LogP contribution in [0.3, 0.4) is 0 Å². The van der Waals surface area contributed by atoms with Gasteiger partial charge in [0.2, 0.25) is 0 Å². The SMILES string of the molecule is C=C(C)C(=O)O.C=C(O)OC(=O)C(=C)C.C=C(O)OC(=O)C(=C)C.C=C(OC(=O)C(=C)C)O[Si](CCCOC)(OC)OC.COCCC[Si](OC)(OC)OC.COCCC[Si](OC)(OC)OC.CO[Si](CCCOCC1CO1)(OC)OC.O.[CH3-]. The van der Waals surface area contributed by atoms with E-state index in [1.54, 1.807) is 85.3 Å². The maximum absolute atomic E-state index is 11.3. The van der Waals surface area contributed by atoms with Crippen molar-refractivity contribution in [3.8, 4) is 0 Å². The van der Waals surface area contributed by atoms with Crippen molar-refractivity contribution in [3.63, 3.8) is 0 Å². The zero-order valence-electron chi connectivity index (χ0n) is 53.6. The van der Waals surface area contributed by atoms with Gasteiger partial charge < -0.3 is 119 Å². The number of methoxy groups -OCH3 is 3. The summed E-state index contributed by atoms with van der Waals surface area (Å²) in [4.78, 5) is 41.7. The van der Waals surface area contributed by atoms with Gasteiger partial charge in [0.1, 0.15) is 6.10 Å². The predicted octanol–water partition coefficient (Wildman–Crippen LogP) is 6.88. The highest BCUT2D eigenvalue weighted by molar-refractivity contribution is 6.61. The molecule has 0 spiro atoms. The molecule has 0 aromatic heterocycles. The van der Waals surface area contributed by atoms with Gasteiger partial charge in [-0.3, -0.25) is 0 Å². The quantitative estimate of drug-likeness (QED) is 0.00829. The number of carbonyl (C=O) groups excluding carboxylic acids is 3. The number of aliphatic hydroxyl groups is 2. The number of carboxylic acid groups (broad SMARTS) is 1. The molecule has 84 heavy (non-hydrogen) atoms. The molecule has 0 saturated carbocycles. The van der Waals surface area contributed by atoms with Crippen LogP contribution in [-0.2, 0) is 110 Å². The maximum atomic E-state index is 11.3. The molecule has 28 nitrogen and oxygen atoms in total. The molecule has 0 aromatic rings. The second kappa shape index (κ2) is 59.0. The average molecular weight is 1290 g/mol. The fourth-order valence-electron chi connectivity index (χ4n) is 4.93. The molecule has 1 atom stereocenters. The van der Waals surface area contributed by atoms with Crippen LogP contribution in [-0.4, -0.2) is 225 Å². The maximum Gasteiger partial charge on any atom is 0.567 e. The Morgan fingerprint density at radius 1 is 0.429 bits per heavy atom. The van der Waals surface area contributed by atoms with Crippen molar-refractivity contribution < 1.29 is 131 Å². The third kappa shape index (κ3) is 54.3. The van der Waals surface area contributed by atoms with E-state index in [0.29, 0.717) is 51.6 Å². The highest BCUT2D eigenvalue weighted by Crippen LogP contribution is 2.21. The Hall–Kier alpha value is -4.35. The van der Waals surface area contributed by atoms with Gasteiger partial charge in [0.05, 0.1) is 13.2 Å². The molecule has 1 aliphatic heterocycles. The minimum Gasteiger partial charge on any atom is -0.481 e. The van der Waals surface area contributed by atoms with Gasteiger partial charge in [-0.25, -0.2) is 19.2 Å². The van der Waals surface area contributed by atoms with Crippen LogP contribution in [0.15, 0.2) is 86.2 Å². The number of epoxide rings is 1. The van der Waals surface area contributed by atoms with Crippen LogP contribution in [0.5, 0.6) is 0 Å². The molecule has 0 bridgehead atoms. The van der Waals surface area contributed by atoms with E-state index in [4.69, 9.17) is 96.9 Å². The van der Waals surface area contributed by atoms with Crippen molar-refractivity contribution in [2.75, 3.05) is 139 Å². The van der Waals surface area contributed by atoms with Crippen LogP contribution in [0.25, 0.3) is 0 Å². The molecule has 1 rings (SSSR count). The lowest BCUT2D eigenvalue weighted by Crippen LogP contribution is -2.44. The van der Waals surface area contributed by atoms with Crippen LogP contribution in [0.1, 0.15) is 53.4 Å². The van der Waals surface area contributed by atoms with Gasteiger partial charge in [-0.2, -0.15) is 0 Å². The molecule has 1 saturated heterocycles. The molecule has 0 aromatic carbocycles. The molecule has 1 fully saturated rings. The van der Waals surface area contributed by atoms with Gasteiger partial charge >= 0.3 is 59.1 Å². The minimum atomic E-state index is -2.93. The van der Waals surface area contributed by atoms with Crippen molar-refractivity contribution in [2.24, 2.45) is 0 Å². The van der Waals surface area contributed by atoms with E-state index in [0.717, 1.165) is 44.0 Å². The largest absolute Gasteiger partial charge is 0.567 e. The number of hydrogen-bond donors (Lipinski definition) is 3. The van der Waals surface area contributed by atoms with Crippen molar-refractivity contribution in [1.29, 1.82) is 0 Å². The summed E-state index contributed by atoms with van der Waals surface area (Å²) in [5.74, 6) is -4.23. The average Bonchev–Trinajstić information content (AvgIpc) is 4.28. The Morgan fingerprint density at radius 3 is 0.857 bits per heavy atom. The summed E-state index contributed by atoms with van der Waals surface area (Å²) in [7, 11) is 12.5. The van der Waals surface area contributed by atoms with E-state index in [2.05, 4.69) is 55.5 Å². The monoisotopic (exact) mass is 1290 g/mol. The molecular weight excluding hydrogens is 1180 g/mol. The molecule has 498 valence electrons. The Morgan fingerprint density at radius 2 is 0.667 bits per heavy atom. The summed E-state index contributed by atoms with van der Waals surface area (Å²) in [6.45, 7) is 32.8. The van der Waals surface area contributed by atoms with Crippen molar-refractivity contribution in [1.82, 2.24) is 0 Å². The van der Waals surface area contributed by atoms with E-state index < -0.39 is 71.0 Å². The first-order valence-corrected chi connectivity index (χ1v) is 32.5. The van der Waals surface area contributed by atoms with Crippen molar-refractivity contribution in [2.45, 2.75) is 83.7 Å². The first kappa shape index (κ1) is 96.0.